The predicted octanol–water partition coefficient (Wildman–Crippen LogP) is 3.19. The summed E-state index contributed by atoms with van der Waals surface area (Å²) in [6.45, 7) is 4.90. The number of carbonyl (C=O) groups excluding carboxylic acids is 2. The number of nitrogens with one attached hydrogen (secondary N) is 1. The topological polar surface area (TPSA) is 71.5 Å². The molecule has 1 aliphatic heterocycles. The van der Waals surface area contributed by atoms with Crippen LogP contribution >= 0.6 is 11.3 Å². The van der Waals surface area contributed by atoms with Gasteiger partial charge < -0.3 is 15.0 Å². The number of aryl methyl sites for hydroxylation is 1. The third-order valence-corrected chi connectivity index (χ3v) is 5.88. The molecule has 2 amide bonds. The molecular weight excluding hydrogens is 362 g/mol. The molecule has 1 aromatic heterocycles. The van der Waals surface area contributed by atoms with Crippen LogP contribution in [0.5, 0.6) is 0 Å². The Bertz CT molecular complexity index is 806. The lowest BCUT2D eigenvalue weighted by Crippen LogP contribution is -2.38. The van der Waals surface area contributed by atoms with E-state index in [1.807, 2.05) is 37.3 Å². The zero-order valence-corrected chi connectivity index (χ0v) is 16.7. The first-order chi connectivity index (χ1) is 13.0. The summed E-state index contributed by atoms with van der Waals surface area (Å²) in [6, 6.07) is 9.93. The quantitative estimate of drug-likeness (QED) is 0.792. The van der Waals surface area contributed by atoms with Crippen molar-refractivity contribution in [2.45, 2.75) is 32.7 Å². The normalized spacial score (nSPS) is 18.0. The maximum absolute atomic E-state index is 12.7. The van der Waals surface area contributed by atoms with E-state index in [4.69, 9.17) is 4.74 Å². The van der Waals surface area contributed by atoms with E-state index in [0.29, 0.717) is 18.3 Å². The van der Waals surface area contributed by atoms with Crippen LogP contribution < -0.4 is 5.32 Å². The van der Waals surface area contributed by atoms with Crippen LogP contribution in [0.3, 0.4) is 0 Å². The summed E-state index contributed by atoms with van der Waals surface area (Å²) >= 11 is 1.50. The number of anilines is 1. The number of likely N-dealkylation sites (tertiary alicyclic amines) is 1. The highest BCUT2D eigenvalue weighted by atomic mass is 32.1. The summed E-state index contributed by atoms with van der Waals surface area (Å²) < 4.78 is 5.12. The third kappa shape index (κ3) is 4.36. The number of methoxy groups -OCH3 is 1. The summed E-state index contributed by atoms with van der Waals surface area (Å²) in [7, 11) is 1.61. The molecule has 0 aliphatic carbocycles. The Morgan fingerprint density at radius 1 is 1.41 bits per heavy atom. The molecule has 144 valence electrons. The van der Waals surface area contributed by atoms with Crippen molar-refractivity contribution >= 4 is 28.3 Å². The van der Waals surface area contributed by atoms with Gasteiger partial charge in [-0.05, 0) is 13.3 Å². The minimum atomic E-state index is -0.356. The van der Waals surface area contributed by atoms with Crippen LogP contribution in [0.25, 0.3) is 11.3 Å². The van der Waals surface area contributed by atoms with E-state index in [9.17, 15) is 9.59 Å². The number of nitrogens with zero attached hydrogens (tertiary/aromatic N) is 2. The molecule has 27 heavy (non-hydrogen) atoms. The highest BCUT2D eigenvalue weighted by Crippen LogP contribution is 2.32. The van der Waals surface area contributed by atoms with Gasteiger partial charge in [0, 0.05) is 30.5 Å². The van der Waals surface area contributed by atoms with Gasteiger partial charge in [-0.3, -0.25) is 9.59 Å². The Labute approximate surface area is 163 Å². The van der Waals surface area contributed by atoms with Gasteiger partial charge in [-0.25, -0.2) is 4.98 Å². The highest BCUT2D eigenvalue weighted by Gasteiger charge is 2.36. The number of hydrogen-bond donors (Lipinski definition) is 1. The molecule has 0 unspecified atom stereocenters. The molecule has 0 spiro atoms. The van der Waals surface area contributed by atoms with Crippen LogP contribution in [-0.4, -0.2) is 48.0 Å². The lowest BCUT2D eigenvalue weighted by Gasteiger charge is -2.23. The molecule has 0 radical (unpaired) electrons. The maximum Gasteiger partial charge on any atom is 0.231 e. The van der Waals surface area contributed by atoms with Gasteiger partial charge in [-0.1, -0.05) is 37.3 Å². The van der Waals surface area contributed by atoms with E-state index >= 15 is 0 Å². The summed E-state index contributed by atoms with van der Waals surface area (Å²) in [5.41, 5.74) is 1.96. The van der Waals surface area contributed by atoms with Crippen molar-refractivity contribution in [3.8, 4) is 11.3 Å². The number of aromatic nitrogens is 1. The lowest BCUT2D eigenvalue weighted by molar-refractivity contribution is -0.130. The second-order valence-corrected chi connectivity index (χ2v) is 7.83. The number of rotatable bonds is 7. The van der Waals surface area contributed by atoms with Crippen molar-refractivity contribution < 1.29 is 14.3 Å². The van der Waals surface area contributed by atoms with Crippen molar-refractivity contribution in [3.05, 3.63) is 35.2 Å². The number of hydrogen-bond acceptors (Lipinski definition) is 5. The van der Waals surface area contributed by atoms with Crippen LogP contribution in [0.1, 0.15) is 25.1 Å². The highest BCUT2D eigenvalue weighted by molar-refractivity contribution is 7.16. The molecule has 1 aromatic carbocycles. The van der Waals surface area contributed by atoms with E-state index in [-0.39, 0.29) is 30.2 Å². The lowest BCUT2D eigenvalue weighted by atomic mass is 10.1. The molecule has 2 atom stereocenters. The molecule has 1 aliphatic rings. The molecule has 6 nitrogen and oxygen atoms in total. The number of ether oxygens (including phenoxy) is 1. The largest absolute Gasteiger partial charge is 0.383 e. The molecule has 7 heteroatoms. The Balaban J connectivity index is 1.70. The van der Waals surface area contributed by atoms with Gasteiger partial charge in [0.25, 0.3) is 0 Å². The Kier molecular flexibility index (Phi) is 6.23. The minimum Gasteiger partial charge on any atom is -0.383 e. The van der Waals surface area contributed by atoms with Crippen molar-refractivity contribution in [2.75, 3.05) is 25.6 Å². The fraction of sp³-hybridized carbons (Fsp3) is 0.450. The average molecular weight is 388 g/mol. The molecule has 2 aromatic rings. The second kappa shape index (κ2) is 8.63. The Morgan fingerprint density at radius 2 is 2.15 bits per heavy atom. The zero-order chi connectivity index (χ0) is 19.4. The molecule has 3 rings (SSSR count). The SMILES string of the molecule is CCc1sc(NC(=O)[C@H]2CC(=O)N([C@H](C)COC)C2)nc1-c1ccccc1. The van der Waals surface area contributed by atoms with Gasteiger partial charge in [0.2, 0.25) is 11.8 Å². The van der Waals surface area contributed by atoms with Crippen LogP contribution in [0.2, 0.25) is 0 Å². The van der Waals surface area contributed by atoms with E-state index in [0.717, 1.165) is 22.6 Å². The monoisotopic (exact) mass is 387 g/mol. The number of benzene rings is 1. The summed E-state index contributed by atoms with van der Waals surface area (Å²) in [5, 5.41) is 3.51. The van der Waals surface area contributed by atoms with Crippen molar-refractivity contribution in [1.29, 1.82) is 0 Å². The maximum atomic E-state index is 12.7. The molecule has 0 bridgehead atoms. The van der Waals surface area contributed by atoms with E-state index in [2.05, 4.69) is 17.2 Å². The minimum absolute atomic E-state index is 0.00180. The number of amides is 2. The molecule has 0 saturated carbocycles. The van der Waals surface area contributed by atoms with Crippen LogP contribution in [-0.2, 0) is 20.7 Å². The summed E-state index contributed by atoms with van der Waals surface area (Å²) in [5.74, 6) is -0.504. The fourth-order valence-corrected chi connectivity index (χ4v) is 4.26. The Morgan fingerprint density at radius 3 is 2.81 bits per heavy atom. The number of carbonyl (C=O) groups is 2. The van der Waals surface area contributed by atoms with Crippen molar-refractivity contribution in [3.63, 3.8) is 0 Å². The molecule has 1 saturated heterocycles. The Hall–Kier alpha value is -2.25. The molecule has 1 fully saturated rings. The van der Waals surface area contributed by atoms with E-state index in [1.54, 1.807) is 12.0 Å². The first kappa shape index (κ1) is 19.5. The van der Waals surface area contributed by atoms with Crippen LogP contribution in [0, 0.1) is 5.92 Å². The first-order valence-corrected chi connectivity index (χ1v) is 9.99. The van der Waals surface area contributed by atoms with E-state index in [1.165, 1.54) is 11.3 Å². The van der Waals surface area contributed by atoms with Gasteiger partial charge in [0.05, 0.1) is 24.3 Å². The van der Waals surface area contributed by atoms with Gasteiger partial charge in [0.1, 0.15) is 0 Å². The smallest absolute Gasteiger partial charge is 0.231 e. The zero-order valence-electron chi connectivity index (χ0n) is 15.9. The van der Waals surface area contributed by atoms with Gasteiger partial charge in [-0.2, -0.15) is 0 Å². The first-order valence-electron chi connectivity index (χ1n) is 9.17. The van der Waals surface area contributed by atoms with Gasteiger partial charge >= 0.3 is 0 Å². The van der Waals surface area contributed by atoms with Crippen molar-refractivity contribution in [1.82, 2.24) is 9.88 Å². The van der Waals surface area contributed by atoms with Gasteiger partial charge in [-0.15, -0.1) is 11.3 Å². The van der Waals surface area contributed by atoms with E-state index < -0.39 is 0 Å². The standard InChI is InChI=1S/C20H25N3O3S/c1-4-16-18(14-8-6-5-7-9-14)21-20(27-16)22-19(25)15-10-17(24)23(11-15)13(2)12-26-3/h5-9,13,15H,4,10-12H2,1-3H3,(H,21,22,25)/t13-,15+/m1/s1. The average Bonchev–Trinajstić information content (AvgIpc) is 3.26. The van der Waals surface area contributed by atoms with Crippen LogP contribution in [0.15, 0.2) is 30.3 Å². The van der Waals surface area contributed by atoms with Gasteiger partial charge in [0.15, 0.2) is 5.13 Å². The summed E-state index contributed by atoms with van der Waals surface area (Å²) in [4.78, 5) is 32.4. The van der Waals surface area contributed by atoms with Crippen LogP contribution in [0.4, 0.5) is 5.13 Å². The number of thiazole rings is 1. The molecule has 2 heterocycles. The summed E-state index contributed by atoms with van der Waals surface area (Å²) in [6.07, 6.45) is 1.08. The second-order valence-electron chi connectivity index (χ2n) is 6.75. The van der Waals surface area contributed by atoms with Crippen molar-refractivity contribution in [2.24, 2.45) is 5.92 Å². The fourth-order valence-electron chi connectivity index (χ4n) is 3.34. The molecular formula is C20H25N3O3S. The third-order valence-electron chi connectivity index (χ3n) is 4.76. The predicted molar refractivity (Wildman–Crippen MR) is 107 cm³/mol. The molecule has 1 N–H and O–H groups in total.